The fourth-order valence-corrected chi connectivity index (χ4v) is 5.67. The van der Waals surface area contributed by atoms with Crippen molar-refractivity contribution in [3.63, 3.8) is 0 Å². The van der Waals surface area contributed by atoms with E-state index >= 15 is 0 Å². The Morgan fingerprint density at radius 3 is 1.19 bits per heavy atom. The molecule has 7 aromatic rings. The highest BCUT2D eigenvalue weighted by Gasteiger charge is 2.33. The Kier molecular flexibility index (Phi) is 8.21. The number of aromatic amines is 2. The van der Waals surface area contributed by atoms with Crippen molar-refractivity contribution >= 4 is 12.4 Å². The van der Waals surface area contributed by atoms with E-state index in [1.165, 1.54) is 9.58 Å². The predicted molar refractivity (Wildman–Crippen MR) is 187 cm³/mol. The Morgan fingerprint density at radius 1 is 0.468 bits per heavy atom. The number of aromatic nitrogens is 4. The standard InChI is InChI=1S/C39H30N6O2/c46-38-34(36(31-22-12-4-13-23-31)42-44(38)40-26-28-16-6-1-7-17-28)33(30-20-10-3-11-21-30)35-37(32-24-14-5-15-25-32)43-45(39(35)47)41-27-29-18-8-2-9-19-29/h1-27,33,42-43H/b40-26-,41-27-. The van der Waals surface area contributed by atoms with Gasteiger partial charge in [0, 0.05) is 5.92 Å². The zero-order valence-corrected chi connectivity index (χ0v) is 25.3. The molecule has 0 saturated carbocycles. The van der Waals surface area contributed by atoms with E-state index < -0.39 is 5.92 Å². The van der Waals surface area contributed by atoms with Crippen LogP contribution in [0.5, 0.6) is 0 Å². The molecule has 2 aromatic heterocycles. The molecule has 0 aliphatic heterocycles. The van der Waals surface area contributed by atoms with Gasteiger partial charge in [-0.2, -0.15) is 10.2 Å². The second kappa shape index (κ2) is 13.2. The van der Waals surface area contributed by atoms with Crippen LogP contribution < -0.4 is 11.1 Å². The highest BCUT2D eigenvalue weighted by molar-refractivity contribution is 5.80. The van der Waals surface area contributed by atoms with E-state index in [0.29, 0.717) is 22.5 Å². The molecule has 0 aliphatic carbocycles. The number of H-pyrrole nitrogens is 2. The largest absolute Gasteiger partial charge is 0.292 e. The van der Waals surface area contributed by atoms with Crippen LogP contribution in [-0.2, 0) is 0 Å². The lowest BCUT2D eigenvalue weighted by Crippen LogP contribution is -2.24. The van der Waals surface area contributed by atoms with Crippen LogP contribution in [0.15, 0.2) is 171 Å². The minimum Gasteiger partial charge on any atom is -0.274 e. The van der Waals surface area contributed by atoms with Gasteiger partial charge in [-0.25, -0.2) is 0 Å². The van der Waals surface area contributed by atoms with Gasteiger partial charge in [0.15, 0.2) is 0 Å². The van der Waals surface area contributed by atoms with Crippen molar-refractivity contribution in [2.75, 3.05) is 0 Å². The first-order valence-corrected chi connectivity index (χ1v) is 15.2. The SMILES string of the molecule is O=c1c(C(c2ccccc2)c2c(-c3ccccc3)[nH]n(/N=C\c3ccccc3)c2=O)c(-c2ccccc2)[nH]n1/N=C\c1ccccc1. The van der Waals surface area contributed by atoms with Crippen molar-refractivity contribution < 1.29 is 0 Å². The molecule has 5 aromatic carbocycles. The third-order valence-corrected chi connectivity index (χ3v) is 7.90. The smallest absolute Gasteiger partial charge is 0.274 e. The van der Waals surface area contributed by atoms with Gasteiger partial charge < -0.3 is 0 Å². The van der Waals surface area contributed by atoms with Gasteiger partial charge in [-0.1, -0.05) is 152 Å². The van der Waals surface area contributed by atoms with Crippen LogP contribution in [0.3, 0.4) is 0 Å². The molecule has 8 heteroatoms. The van der Waals surface area contributed by atoms with Crippen molar-refractivity contribution in [1.29, 1.82) is 0 Å². The Morgan fingerprint density at radius 2 is 0.809 bits per heavy atom. The van der Waals surface area contributed by atoms with Crippen molar-refractivity contribution in [2.24, 2.45) is 10.2 Å². The van der Waals surface area contributed by atoms with Crippen LogP contribution in [0.4, 0.5) is 0 Å². The van der Waals surface area contributed by atoms with Gasteiger partial charge in [0.1, 0.15) is 0 Å². The first-order valence-electron chi connectivity index (χ1n) is 15.2. The quantitative estimate of drug-likeness (QED) is 0.172. The monoisotopic (exact) mass is 614 g/mol. The fourth-order valence-electron chi connectivity index (χ4n) is 5.67. The van der Waals surface area contributed by atoms with Gasteiger partial charge >= 0.3 is 0 Å². The Labute approximate surface area is 270 Å². The van der Waals surface area contributed by atoms with E-state index in [-0.39, 0.29) is 11.1 Å². The number of hydrogen-bond donors (Lipinski definition) is 2. The summed E-state index contributed by atoms with van der Waals surface area (Å²) in [5.41, 5.74) is 5.18. The summed E-state index contributed by atoms with van der Waals surface area (Å²) in [6.45, 7) is 0. The van der Waals surface area contributed by atoms with Crippen LogP contribution in [0.25, 0.3) is 22.5 Å². The molecular formula is C39H30N6O2. The highest BCUT2D eigenvalue weighted by Crippen LogP contribution is 2.38. The molecule has 0 amide bonds. The zero-order chi connectivity index (χ0) is 32.0. The van der Waals surface area contributed by atoms with Gasteiger partial charge in [0.05, 0.1) is 34.9 Å². The van der Waals surface area contributed by atoms with Crippen LogP contribution in [-0.4, -0.2) is 32.2 Å². The molecule has 0 radical (unpaired) electrons. The number of hydrogen-bond acceptors (Lipinski definition) is 4. The molecule has 0 spiro atoms. The second-order valence-corrected chi connectivity index (χ2v) is 10.9. The first kappa shape index (κ1) is 29.2. The van der Waals surface area contributed by atoms with E-state index in [2.05, 4.69) is 20.4 Å². The van der Waals surface area contributed by atoms with Crippen molar-refractivity contribution in [1.82, 2.24) is 19.8 Å². The van der Waals surface area contributed by atoms with Crippen LogP contribution in [0.1, 0.15) is 33.7 Å². The molecule has 0 atom stereocenters. The average Bonchev–Trinajstić information content (AvgIpc) is 3.64. The number of benzene rings is 5. The summed E-state index contributed by atoms with van der Waals surface area (Å²) in [6.07, 6.45) is 3.26. The number of nitrogens with zero attached hydrogens (tertiary/aromatic N) is 4. The molecule has 0 bridgehead atoms. The van der Waals surface area contributed by atoms with E-state index in [0.717, 1.165) is 27.8 Å². The Balaban J connectivity index is 1.50. The Hall–Kier alpha value is -6.54. The van der Waals surface area contributed by atoms with Crippen molar-refractivity contribution in [3.8, 4) is 22.5 Å². The molecule has 8 nitrogen and oxygen atoms in total. The van der Waals surface area contributed by atoms with Gasteiger partial charge in [0.25, 0.3) is 11.1 Å². The van der Waals surface area contributed by atoms with Crippen LogP contribution >= 0.6 is 0 Å². The maximum Gasteiger partial charge on any atom is 0.292 e. The third-order valence-electron chi connectivity index (χ3n) is 7.90. The van der Waals surface area contributed by atoms with E-state index in [1.54, 1.807) is 12.4 Å². The molecule has 47 heavy (non-hydrogen) atoms. The van der Waals surface area contributed by atoms with Crippen LogP contribution in [0.2, 0.25) is 0 Å². The molecule has 0 fully saturated rings. The van der Waals surface area contributed by atoms with Crippen molar-refractivity contribution in [2.45, 2.75) is 5.92 Å². The van der Waals surface area contributed by atoms with Crippen LogP contribution in [0, 0.1) is 0 Å². The van der Waals surface area contributed by atoms with Gasteiger partial charge in [-0.3, -0.25) is 19.8 Å². The van der Waals surface area contributed by atoms with Gasteiger partial charge in [-0.05, 0) is 27.8 Å². The second-order valence-electron chi connectivity index (χ2n) is 10.9. The molecule has 2 N–H and O–H groups in total. The molecule has 0 aliphatic rings. The van der Waals surface area contributed by atoms with E-state index in [4.69, 9.17) is 0 Å². The normalized spacial score (nSPS) is 11.6. The van der Waals surface area contributed by atoms with E-state index in [1.807, 2.05) is 152 Å². The maximum atomic E-state index is 14.5. The van der Waals surface area contributed by atoms with E-state index in [9.17, 15) is 9.59 Å². The average molecular weight is 615 g/mol. The molecular weight excluding hydrogens is 584 g/mol. The topological polar surface area (TPSA) is 100 Å². The molecule has 0 unspecified atom stereocenters. The summed E-state index contributed by atoms with van der Waals surface area (Å²) in [5.74, 6) is -0.782. The summed E-state index contributed by atoms with van der Waals surface area (Å²) in [4.78, 5) is 31.5. The Bertz CT molecular complexity index is 2120. The predicted octanol–water partition coefficient (Wildman–Crippen LogP) is 6.94. The third kappa shape index (κ3) is 6.08. The summed E-state index contributed by atoms with van der Waals surface area (Å²) in [7, 11) is 0. The highest BCUT2D eigenvalue weighted by atomic mass is 16.1. The zero-order valence-electron chi connectivity index (χ0n) is 25.3. The number of rotatable bonds is 9. The first-order chi connectivity index (χ1) is 23.2. The number of nitrogens with one attached hydrogen (secondary N) is 2. The molecule has 228 valence electrons. The summed E-state index contributed by atoms with van der Waals surface area (Å²) in [5, 5.41) is 15.6. The summed E-state index contributed by atoms with van der Waals surface area (Å²) < 4.78 is 0. The maximum absolute atomic E-state index is 14.5. The lowest BCUT2D eigenvalue weighted by molar-refractivity contribution is 0.713. The molecule has 0 saturated heterocycles. The minimum absolute atomic E-state index is 0.371. The fraction of sp³-hybridized carbons (Fsp3) is 0.0256. The lowest BCUT2D eigenvalue weighted by atomic mass is 9.83. The summed E-state index contributed by atoms with van der Waals surface area (Å²) in [6, 6.07) is 47.9. The molecule has 7 rings (SSSR count). The van der Waals surface area contributed by atoms with Crippen molar-refractivity contribution in [3.05, 3.63) is 200 Å². The minimum atomic E-state index is -0.782. The lowest BCUT2D eigenvalue weighted by Gasteiger charge is -2.17. The van der Waals surface area contributed by atoms with Gasteiger partial charge in [-0.15, -0.1) is 9.58 Å². The molecule has 2 heterocycles. The summed E-state index contributed by atoms with van der Waals surface area (Å²) >= 11 is 0. The van der Waals surface area contributed by atoms with Gasteiger partial charge in [0.2, 0.25) is 0 Å².